The van der Waals surface area contributed by atoms with Gasteiger partial charge in [0.25, 0.3) is 0 Å². The lowest BCUT2D eigenvalue weighted by molar-refractivity contribution is -0.112. The van der Waals surface area contributed by atoms with Crippen molar-refractivity contribution in [3.05, 3.63) is 42.0 Å². The number of rotatable bonds is 3. The predicted molar refractivity (Wildman–Crippen MR) is 76.2 cm³/mol. The first-order chi connectivity index (χ1) is 9.63. The SMILES string of the molecule is Cc1ccc(S(=O)[C@@]2(C#N)[C@H](C=O)[C@@H]3C=C[C@H]2C3)cc1. The number of fused-ring (bicyclic) bond motifs is 2. The lowest BCUT2D eigenvalue weighted by atomic mass is 9.84. The van der Waals surface area contributed by atoms with Crippen LogP contribution in [0.5, 0.6) is 0 Å². The van der Waals surface area contributed by atoms with E-state index in [9.17, 15) is 14.3 Å². The summed E-state index contributed by atoms with van der Waals surface area (Å²) in [6, 6.07) is 9.60. The number of carbonyl (C=O) groups is 1. The highest BCUT2D eigenvalue weighted by Crippen LogP contribution is 2.53. The van der Waals surface area contributed by atoms with Crippen LogP contribution in [0.15, 0.2) is 41.3 Å². The third-order valence-corrected chi connectivity index (χ3v) is 6.47. The van der Waals surface area contributed by atoms with Gasteiger partial charge in [0.15, 0.2) is 4.75 Å². The molecule has 3 rings (SSSR count). The van der Waals surface area contributed by atoms with Crippen molar-refractivity contribution in [1.29, 1.82) is 5.26 Å². The molecular weight excluding hydrogens is 270 g/mol. The number of aldehydes is 1. The fourth-order valence-electron chi connectivity index (χ4n) is 3.40. The monoisotopic (exact) mass is 285 g/mol. The zero-order chi connectivity index (χ0) is 14.3. The number of nitrogens with zero attached hydrogens (tertiary/aromatic N) is 1. The van der Waals surface area contributed by atoms with E-state index in [1.54, 1.807) is 12.1 Å². The minimum absolute atomic E-state index is 0.0616. The molecule has 1 aromatic rings. The maximum Gasteiger partial charge on any atom is 0.153 e. The Bertz CT molecular complexity index is 643. The van der Waals surface area contributed by atoms with Crippen molar-refractivity contribution < 1.29 is 9.00 Å². The van der Waals surface area contributed by atoms with E-state index in [0.717, 1.165) is 18.3 Å². The summed E-state index contributed by atoms with van der Waals surface area (Å²) in [5.74, 6) is -0.494. The van der Waals surface area contributed by atoms with Gasteiger partial charge in [0.05, 0.1) is 22.8 Å². The average molecular weight is 285 g/mol. The molecule has 20 heavy (non-hydrogen) atoms. The second-order valence-corrected chi connectivity index (χ2v) is 7.22. The highest BCUT2D eigenvalue weighted by Gasteiger charge is 2.60. The van der Waals surface area contributed by atoms with Crippen molar-refractivity contribution >= 4 is 17.1 Å². The average Bonchev–Trinajstić information content (AvgIpc) is 3.06. The standard InChI is InChI=1S/C16H15NO2S/c1-11-2-6-14(7-3-11)20(19)16(10-17)13-5-4-12(8-13)15(16)9-18/h2-7,9,12-13,15H,8H2,1H3/t12-,13+,15-,16-,20?/m1/s1. The predicted octanol–water partition coefficient (Wildman–Crippen LogP) is 2.39. The largest absolute Gasteiger partial charge is 0.303 e. The third kappa shape index (κ3) is 1.63. The fourth-order valence-corrected chi connectivity index (χ4v) is 5.18. The molecule has 0 N–H and O–H groups in total. The van der Waals surface area contributed by atoms with Crippen LogP contribution in [0.1, 0.15) is 12.0 Å². The molecule has 1 fully saturated rings. The summed E-state index contributed by atoms with van der Waals surface area (Å²) in [6.45, 7) is 1.96. The van der Waals surface area contributed by atoms with Gasteiger partial charge in [-0.05, 0) is 31.4 Å². The molecule has 2 aliphatic rings. The molecule has 0 amide bonds. The van der Waals surface area contributed by atoms with Gasteiger partial charge in [-0.25, -0.2) is 0 Å². The first kappa shape index (κ1) is 13.3. The first-order valence-corrected chi connectivity index (χ1v) is 7.82. The second kappa shape index (κ2) is 4.68. The van der Waals surface area contributed by atoms with Gasteiger partial charge in [0, 0.05) is 10.8 Å². The maximum atomic E-state index is 13.0. The molecule has 0 saturated heterocycles. The van der Waals surface area contributed by atoms with Crippen molar-refractivity contribution in [3.8, 4) is 6.07 Å². The van der Waals surface area contributed by atoms with Crippen molar-refractivity contribution in [1.82, 2.24) is 0 Å². The molecule has 2 bridgehead atoms. The summed E-state index contributed by atoms with van der Waals surface area (Å²) in [6.07, 6.45) is 5.53. The number of nitriles is 1. The molecule has 102 valence electrons. The number of aryl methyl sites for hydroxylation is 1. The van der Waals surface area contributed by atoms with Gasteiger partial charge in [0.2, 0.25) is 0 Å². The lowest BCUT2D eigenvalue weighted by Crippen LogP contribution is -2.45. The molecule has 0 spiro atoms. The van der Waals surface area contributed by atoms with Crippen molar-refractivity contribution in [3.63, 3.8) is 0 Å². The molecule has 2 aliphatic carbocycles. The van der Waals surface area contributed by atoms with Gasteiger partial charge >= 0.3 is 0 Å². The summed E-state index contributed by atoms with van der Waals surface area (Å²) < 4.78 is 11.9. The number of carbonyl (C=O) groups excluding carboxylic acids is 1. The molecule has 1 unspecified atom stereocenters. The number of benzene rings is 1. The van der Waals surface area contributed by atoms with Gasteiger partial charge in [-0.1, -0.05) is 29.8 Å². The number of hydrogen-bond acceptors (Lipinski definition) is 3. The van der Waals surface area contributed by atoms with Crippen molar-refractivity contribution in [2.45, 2.75) is 23.0 Å². The highest BCUT2D eigenvalue weighted by atomic mass is 32.2. The Kier molecular flexibility index (Phi) is 3.10. The Balaban J connectivity index is 2.08. The third-order valence-electron chi connectivity index (χ3n) is 4.49. The van der Waals surface area contributed by atoms with Gasteiger partial charge in [-0.15, -0.1) is 0 Å². The van der Waals surface area contributed by atoms with Gasteiger partial charge in [0.1, 0.15) is 6.29 Å². The fraction of sp³-hybridized carbons (Fsp3) is 0.375. The Hall–Kier alpha value is -1.73. The van der Waals surface area contributed by atoms with E-state index in [0.29, 0.717) is 4.90 Å². The van der Waals surface area contributed by atoms with Crippen LogP contribution in [0.2, 0.25) is 0 Å². The van der Waals surface area contributed by atoms with E-state index in [1.807, 2.05) is 31.2 Å². The Morgan fingerprint density at radius 3 is 2.65 bits per heavy atom. The highest BCUT2D eigenvalue weighted by molar-refractivity contribution is 7.87. The van der Waals surface area contributed by atoms with Gasteiger partial charge in [-0.3, -0.25) is 4.21 Å². The zero-order valence-corrected chi connectivity index (χ0v) is 12.0. The molecule has 1 aromatic carbocycles. The van der Waals surface area contributed by atoms with Crippen LogP contribution in [-0.4, -0.2) is 15.2 Å². The normalized spacial score (nSPS) is 35.7. The van der Waals surface area contributed by atoms with Crippen LogP contribution in [0, 0.1) is 36.0 Å². The molecule has 0 heterocycles. The number of allylic oxidation sites excluding steroid dienone is 2. The quantitative estimate of drug-likeness (QED) is 0.633. The van der Waals surface area contributed by atoms with Crippen LogP contribution >= 0.6 is 0 Å². The summed E-state index contributed by atoms with van der Waals surface area (Å²) in [7, 11) is -1.50. The van der Waals surface area contributed by atoms with E-state index < -0.39 is 21.5 Å². The Morgan fingerprint density at radius 1 is 1.35 bits per heavy atom. The lowest BCUT2D eigenvalue weighted by Gasteiger charge is -2.32. The molecule has 3 nitrogen and oxygen atoms in total. The van der Waals surface area contributed by atoms with Crippen LogP contribution in [0.3, 0.4) is 0 Å². The molecule has 5 atom stereocenters. The summed E-state index contributed by atoms with van der Waals surface area (Å²) in [5, 5.41) is 9.69. The molecule has 4 heteroatoms. The smallest absolute Gasteiger partial charge is 0.153 e. The summed E-state index contributed by atoms with van der Waals surface area (Å²) in [4.78, 5) is 12.1. The Labute approximate surface area is 120 Å². The van der Waals surface area contributed by atoms with Crippen molar-refractivity contribution in [2.24, 2.45) is 17.8 Å². The van der Waals surface area contributed by atoms with E-state index in [4.69, 9.17) is 0 Å². The van der Waals surface area contributed by atoms with E-state index in [1.165, 1.54) is 0 Å². The minimum atomic E-state index is -1.50. The minimum Gasteiger partial charge on any atom is -0.303 e. The summed E-state index contributed by atoms with van der Waals surface area (Å²) in [5.41, 5.74) is 1.08. The molecule has 0 aliphatic heterocycles. The molecular formula is C16H15NO2S. The Morgan fingerprint density at radius 2 is 2.05 bits per heavy atom. The zero-order valence-electron chi connectivity index (χ0n) is 11.2. The van der Waals surface area contributed by atoms with Crippen LogP contribution < -0.4 is 0 Å². The van der Waals surface area contributed by atoms with Crippen LogP contribution in [0.4, 0.5) is 0 Å². The number of hydrogen-bond donors (Lipinski definition) is 0. The first-order valence-electron chi connectivity index (χ1n) is 6.67. The summed E-state index contributed by atoms with van der Waals surface area (Å²) >= 11 is 0. The topological polar surface area (TPSA) is 57.9 Å². The molecule has 0 radical (unpaired) electrons. The van der Waals surface area contributed by atoms with Gasteiger partial charge in [-0.2, -0.15) is 5.26 Å². The van der Waals surface area contributed by atoms with Crippen LogP contribution in [-0.2, 0) is 15.6 Å². The maximum absolute atomic E-state index is 13.0. The van der Waals surface area contributed by atoms with E-state index >= 15 is 0 Å². The van der Waals surface area contributed by atoms with E-state index in [2.05, 4.69) is 6.07 Å². The molecule has 1 saturated carbocycles. The second-order valence-electron chi connectivity index (χ2n) is 5.54. The molecule has 0 aromatic heterocycles. The van der Waals surface area contributed by atoms with Crippen molar-refractivity contribution in [2.75, 3.05) is 0 Å². The van der Waals surface area contributed by atoms with Crippen LogP contribution in [0.25, 0.3) is 0 Å². The van der Waals surface area contributed by atoms with E-state index in [-0.39, 0.29) is 11.8 Å². The van der Waals surface area contributed by atoms with Gasteiger partial charge < -0.3 is 4.79 Å².